The average molecular weight is 372 g/mol. The second kappa shape index (κ2) is 7.53. The second-order valence-corrected chi connectivity index (χ2v) is 6.55. The number of nitrogens with zero attached hydrogens (tertiary/aromatic N) is 4. The fourth-order valence-electron chi connectivity index (χ4n) is 2.23. The Morgan fingerprint density at radius 3 is 2.58 bits per heavy atom. The van der Waals surface area contributed by atoms with E-state index in [2.05, 4.69) is 20.6 Å². The molecule has 3 aromatic rings. The van der Waals surface area contributed by atoms with Crippen LogP contribution >= 0.6 is 11.6 Å². The van der Waals surface area contributed by atoms with Crippen molar-refractivity contribution in [2.75, 3.05) is 0 Å². The monoisotopic (exact) mass is 371 g/mol. The van der Waals surface area contributed by atoms with Crippen molar-refractivity contribution in [3.63, 3.8) is 0 Å². The summed E-state index contributed by atoms with van der Waals surface area (Å²) in [7, 11) is 0. The van der Waals surface area contributed by atoms with E-state index in [1.54, 1.807) is 61.4 Å². The largest absolute Gasteiger partial charge is 0.478 e. The molecule has 0 unspecified atom stereocenters. The number of ether oxygens (including phenoxy) is 1. The molecular formula is C18H18ClN5O2. The van der Waals surface area contributed by atoms with Gasteiger partial charge in [-0.2, -0.15) is 0 Å². The van der Waals surface area contributed by atoms with Gasteiger partial charge in [-0.1, -0.05) is 16.8 Å². The van der Waals surface area contributed by atoms with Crippen molar-refractivity contribution in [2.24, 2.45) is 0 Å². The SMILES string of the molecule is CC(C)(Oc1ccc(Cl)cc1)C(=O)NCc1cn(-c2ccncc2)nn1. The molecule has 2 heterocycles. The Balaban J connectivity index is 1.59. The molecule has 26 heavy (non-hydrogen) atoms. The maximum Gasteiger partial charge on any atom is 0.263 e. The molecule has 1 N–H and O–H groups in total. The van der Waals surface area contributed by atoms with Gasteiger partial charge >= 0.3 is 0 Å². The number of nitrogens with one attached hydrogen (secondary N) is 1. The fourth-order valence-corrected chi connectivity index (χ4v) is 2.36. The molecule has 0 fully saturated rings. The smallest absolute Gasteiger partial charge is 0.263 e. The predicted octanol–water partition coefficient (Wildman–Crippen LogP) is 2.79. The lowest BCUT2D eigenvalue weighted by molar-refractivity contribution is -0.134. The maximum atomic E-state index is 12.5. The third-order valence-corrected chi connectivity index (χ3v) is 3.88. The summed E-state index contributed by atoms with van der Waals surface area (Å²) < 4.78 is 7.39. The summed E-state index contributed by atoms with van der Waals surface area (Å²) in [5.74, 6) is 0.309. The van der Waals surface area contributed by atoms with Gasteiger partial charge in [0.1, 0.15) is 11.4 Å². The van der Waals surface area contributed by atoms with Crippen LogP contribution in [0.1, 0.15) is 19.5 Å². The third-order valence-electron chi connectivity index (χ3n) is 3.63. The number of carbonyl (C=O) groups excluding carboxylic acids is 1. The van der Waals surface area contributed by atoms with Gasteiger partial charge in [-0.3, -0.25) is 9.78 Å². The van der Waals surface area contributed by atoms with Crippen LogP contribution in [-0.4, -0.2) is 31.5 Å². The van der Waals surface area contributed by atoms with Gasteiger partial charge in [-0.15, -0.1) is 5.10 Å². The molecule has 0 aliphatic heterocycles. The van der Waals surface area contributed by atoms with Gasteiger partial charge < -0.3 is 10.1 Å². The first-order chi connectivity index (χ1) is 12.4. The molecule has 0 radical (unpaired) electrons. The number of aromatic nitrogens is 4. The van der Waals surface area contributed by atoms with Gasteiger partial charge in [-0.05, 0) is 50.2 Å². The summed E-state index contributed by atoms with van der Waals surface area (Å²) >= 11 is 5.86. The number of halogens is 1. The highest BCUT2D eigenvalue weighted by Crippen LogP contribution is 2.21. The van der Waals surface area contributed by atoms with E-state index in [0.29, 0.717) is 16.5 Å². The van der Waals surface area contributed by atoms with Crippen LogP contribution < -0.4 is 10.1 Å². The molecular weight excluding hydrogens is 354 g/mol. The average Bonchev–Trinajstić information content (AvgIpc) is 3.11. The summed E-state index contributed by atoms with van der Waals surface area (Å²) in [6, 6.07) is 10.5. The quantitative estimate of drug-likeness (QED) is 0.720. The van der Waals surface area contributed by atoms with Gasteiger partial charge in [0, 0.05) is 17.4 Å². The minimum absolute atomic E-state index is 0.247. The maximum absolute atomic E-state index is 12.5. The molecule has 0 atom stereocenters. The van der Waals surface area contributed by atoms with E-state index < -0.39 is 5.60 Å². The van der Waals surface area contributed by atoms with Crippen molar-refractivity contribution in [1.82, 2.24) is 25.3 Å². The van der Waals surface area contributed by atoms with Gasteiger partial charge in [0.25, 0.3) is 5.91 Å². The van der Waals surface area contributed by atoms with E-state index >= 15 is 0 Å². The first kappa shape index (κ1) is 17.9. The second-order valence-electron chi connectivity index (χ2n) is 6.11. The molecule has 134 valence electrons. The first-order valence-electron chi connectivity index (χ1n) is 7.98. The Morgan fingerprint density at radius 1 is 1.19 bits per heavy atom. The zero-order valence-corrected chi connectivity index (χ0v) is 15.1. The normalized spacial score (nSPS) is 11.2. The zero-order valence-electron chi connectivity index (χ0n) is 14.4. The van der Waals surface area contributed by atoms with E-state index in [9.17, 15) is 4.79 Å². The minimum Gasteiger partial charge on any atom is -0.478 e. The molecule has 0 saturated heterocycles. The molecule has 0 aliphatic rings. The molecule has 7 nitrogen and oxygen atoms in total. The van der Waals surface area contributed by atoms with Crippen molar-refractivity contribution in [2.45, 2.75) is 26.0 Å². The van der Waals surface area contributed by atoms with Crippen molar-refractivity contribution in [1.29, 1.82) is 0 Å². The summed E-state index contributed by atoms with van der Waals surface area (Å²) in [4.78, 5) is 16.4. The Kier molecular flexibility index (Phi) is 5.18. The van der Waals surface area contributed by atoms with Gasteiger partial charge in [0.15, 0.2) is 5.60 Å². The summed E-state index contributed by atoms with van der Waals surface area (Å²) in [6.45, 7) is 3.65. The topological polar surface area (TPSA) is 81.9 Å². The molecule has 3 rings (SSSR count). The number of amides is 1. The van der Waals surface area contributed by atoms with Crippen LogP contribution in [0.15, 0.2) is 55.0 Å². The number of benzene rings is 1. The van der Waals surface area contributed by atoms with E-state index in [4.69, 9.17) is 16.3 Å². The highest BCUT2D eigenvalue weighted by Gasteiger charge is 2.29. The van der Waals surface area contributed by atoms with Crippen molar-refractivity contribution < 1.29 is 9.53 Å². The zero-order chi connectivity index (χ0) is 18.6. The van der Waals surface area contributed by atoms with Crippen LogP contribution in [0.2, 0.25) is 5.02 Å². The number of hydrogen-bond donors (Lipinski definition) is 1. The molecule has 0 spiro atoms. The van der Waals surface area contributed by atoms with Crippen molar-refractivity contribution in [3.8, 4) is 11.4 Å². The Hall–Kier alpha value is -2.93. The minimum atomic E-state index is -1.05. The van der Waals surface area contributed by atoms with E-state index in [-0.39, 0.29) is 12.5 Å². The van der Waals surface area contributed by atoms with Crippen LogP contribution in [0.5, 0.6) is 5.75 Å². The van der Waals surface area contributed by atoms with Gasteiger partial charge in [0.2, 0.25) is 0 Å². The lowest BCUT2D eigenvalue weighted by atomic mass is 10.1. The molecule has 2 aromatic heterocycles. The Bertz CT molecular complexity index is 878. The standard InChI is InChI=1S/C18H18ClN5O2/c1-18(2,26-16-5-3-13(19)4-6-16)17(25)21-11-14-12-24(23-22-14)15-7-9-20-10-8-15/h3-10,12H,11H2,1-2H3,(H,21,25). The fraction of sp³-hybridized carbons (Fsp3) is 0.222. The third kappa shape index (κ3) is 4.37. The van der Waals surface area contributed by atoms with E-state index in [1.807, 2.05) is 12.1 Å². The number of rotatable bonds is 6. The van der Waals surface area contributed by atoms with Crippen LogP contribution in [0, 0.1) is 0 Å². The molecule has 8 heteroatoms. The molecule has 0 saturated carbocycles. The van der Waals surface area contributed by atoms with Gasteiger partial charge in [-0.25, -0.2) is 4.68 Å². The number of pyridine rings is 1. The van der Waals surface area contributed by atoms with Crippen molar-refractivity contribution >= 4 is 17.5 Å². The molecule has 0 bridgehead atoms. The lowest BCUT2D eigenvalue weighted by Crippen LogP contribution is -2.46. The molecule has 0 aliphatic carbocycles. The lowest BCUT2D eigenvalue weighted by Gasteiger charge is -2.25. The van der Waals surface area contributed by atoms with Crippen LogP contribution in [0.3, 0.4) is 0 Å². The highest BCUT2D eigenvalue weighted by atomic mass is 35.5. The first-order valence-corrected chi connectivity index (χ1v) is 8.36. The van der Waals surface area contributed by atoms with Crippen LogP contribution in [-0.2, 0) is 11.3 Å². The predicted molar refractivity (Wildman–Crippen MR) is 97.2 cm³/mol. The summed E-state index contributed by atoms with van der Waals surface area (Å²) in [6.07, 6.45) is 5.10. The summed E-state index contributed by atoms with van der Waals surface area (Å²) in [5.41, 5.74) is 0.434. The molecule has 1 aromatic carbocycles. The Morgan fingerprint density at radius 2 is 1.88 bits per heavy atom. The van der Waals surface area contributed by atoms with Crippen molar-refractivity contribution in [3.05, 3.63) is 65.7 Å². The summed E-state index contributed by atoms with van der Waals surface area (Å²) in [5, 5.41) is 11.5. The number of hydrogen-bond acceptors (Lipinski definition) is 5. The van der Waals surface area contributed by atoms with Crippen LogP contribution in [0.25, 0.3) is 5.69 Å². The van der Waals surface area contributed by atoms with E-state index in [1.165, 1.54) is 0 Å². The van der Waals surface area contributed by atoms with Gasteiger partial charge in [0.05, 0.1) is 18.4 Å². The Labute approximate surface area is 156 Å². The van der Waals surface area contributed by atoms with Crippen LogP contribution in [0.4, 0.5) is 0 Å². The molecule has 1 amide bonds. The number of carbonyl (C=O) groups is 1. The highest BCUT2D eigenvalue weighted by molar-refractivity contribution is 6.30. The van der Waals surface area contributed by atoms with E-state index in [0.717, 1.165) is 5.69 Å².